The second-order valence-electron chi connectivity index (χ2n) is 4.03. The largest absolute Gasteiger partial charge is 0.465 e. The molecule has 1 N–H and O–H groups in total. The van der Waals surface area contributed by atoms with Crippen LogP contribution in [0.4, 0.5) is 0 Å². The molecule has 0 aliphatic heterocycles. The average Bonchev–Trinajstić information content (AvgIpc) is 2.54. The predicted molar refractivity (Wildman–Crippen MR) is 66.0 cm³/mol. The zero-order chi connectivity index (χ0) is 13.7. The highest BCUT2D eigenvalue weighted by atomic mass is 16.5. The molecule has 1 heterocycles. The molecular formula is C12H19N3O3. The lowest BCUT2D eigenvalue weighted by atomic mass is 10.1. The van der Waals surface area contributed by atoms with Crippen molar-refractivity contribution in [1.82, 2.24) is 15.1 Å². The summed E-state index contributed by atoms with van der Waals surface area (Å²) in [5, 5.41) is 6.76. The highest BCUT2D eigenvalue weighted by molar-refractivity contribution is 5.83. The Morgan fingerprint density at radius 2 is 2.06 bits per heavy atom. The summed E-state index contributed by atoms with van der Waals surface area (Å²) in [5.74, 6) is -0.632. The number of hydrogen-bond acceptors (Lipinski definition) is 4. The summed E-state index contributed by atoms with van der Waals surface area (Å²) in [7, 11) is 1.84. The standard InChI is InChI=1S/C12H19N3O3/c1-5-18-12(17)7-13-11(16)6-10-8(2)14-15(4)9(10)3/h5-7H2,1-4H3,(H,13,16). The molecule has 18 heavy (non-hydrogen) atoms. The van der Waals surface area contributed by atoms with Gasteiger partial charge in [-0.3, -0.25) is 14.3 Å². The van der Waals surface area contributed by atoms with E-state index < -0.39 is 5.97 Å². The zero-order valence-corrected chi connectivity index (χ0v) is 11.2. The third kappa shape index (κ3) is 3.58. The van der Waals surface area contributed by atoms with Gasteiger partial charge in [-0.1, -0.05) is 0 Å². The average molecular weight is 253 g/mol. The van der Waals surface area contributed by atoms with Crippen LogP contribution in [-0.4, -0.2) is 34.8 Å². The van der Waals surface area contributed by atoms with Crippen LogP contribution in [0.25, 0.3) is 0 Å². The molecule has 6 heteroatoms. The van der Waals surface area contributed by atoms with E-state index in [9.17, 15) is 9.59 Å². The molecule has 0 saturated carbocycles. The van der Waals surface area contributed by atoms with E-state index >= 15 is 0 Å². The number of nitrogens with one attached hydrogen (secondary N) is 1. The Labute approximate surface area is 106 Å². The van der Waals surface area contributed by atoms with Crippen LogP contribution in [0, 0.1) is 13.8 Å². The first-order valence-electron chi connectivity index (χ1n) is 5.87. The Bertz CT molecular complexity index is 452. The smallest absolute Gasteiger partial charge is 0.325 e. The molecule has 100 valence electrons. The first-order chi connectivity index (χ1) is 8.45. The van der Waals surface area contributed by atoms with Gasteiger partial charge in [0.1, 0.15) is 6.54 Å². The summed E-state index contributed by atoms with van der Waals surface area (Å²) in [4.78, 5) is 22.8. The van der Waals surface area contributed by atoms with Crippen molar-refractivity contribution >= 4 is 11.9 Å². The van der Waals surface area contributed by atoms with Gasteiger partial charge in [0.2, 0.25) is 5.91 Å². The van der Waals surface area contributed by atoms with Gasteiger partial charge in [-0.2, -0.15) is 5.10 Å². The van der Waals surface area contributed by atoms with Gasteiger partial charge >= 0.3 is 5.97 Å². The molecule has 1 rings (SSSR count). The third-order valence-corrected chi connectivity index (χ3v) is 2.73. The number of amides is 1. The Balaban J connectivity index is 2.52. The van der Waals surface area contributed by atoms with Gasteiger partial charge in [-0.05, 0) is 20.8 Å². The SMILES string of the molecule is CCOC(=O)CNC(=O)Cc1c(C)nn(C)c1C. The number of hydrogen-bond donors (Lipinski definition) is 1. The summed E-state index contributed by atoms with van der Waals surface area (Å²) in [5.41, 5.74) is 2.69. The molecule has 0 atom stereocenters. The van der Waals surface area contributed by atoms with E-state index in [4.69, 9.17) is 4.74 Å². The van der Waals surface area contributed by atoms with E-state index in [2.05, 4.69) is 10.4 Å². The molecule has 1 aromatic rings. The van der Waals surface area contributed by atoms with E-state index in [0.29, 0.717) is 6.61 Å². The first-order valence-corrected chi connectivity index (χ1v) is 5.87. The van der Waals surface area contributed by atoms with Crippen molar-refractivity contribution in [3.05, 3.63) is 17.0 Å². The fourth-order valence-electron chi connectivity index (χ4n) is 1.68. The minimum atomic E-state index is -0.425. The number of rotatable bonds is 5. The number of aryl methyl sites for hydroxylation is 2. The topological polar surface area (TPSA) is 73.2 Å². The minimum absolute atomic E-state index is 0.0922. The van der Waals surface area contributed by atoms with Crippen molar-refractivity contribution in [2.45, 2.75) is 27.2 Å². The maximum atomic E-state index is 11.7. The van der Waals surface area contributed by atoms with Gasteiger partial charge in [0.05, 0.1) is 18.7 Å². The van der Waals surface area contributed by atoms with Gasteiger partial charge in [0.25, 0.3) is 0 Å². The maximum Gasteiger partial charge on any atom is 0.325 e. The number of aromatic nitrogens is 2. The summed E-state index contributed by atoms with van der Waals surface area (Å²) < 4.78 is 6.46. The predicted octanol–water partition coefficient (Wildman–Crippen LogP) is 0.259. The summed E-state index contributed by atoms with van der Waals surface area (Å²) in [6.45, 7) is 5.72. The van der Waals surface area contributed by atoms with Gasteiger partial charge < -0.3 is 10.1 Å². The minimum Gasteiger partial charge on any atom is -0.465 e. The molecule has 1 amide bonds. The van der Waals surface area contributed by atoms with Crippen molar-refractivity contribution in [3.63, 3.8) is 0 Å². The fourth-order valence-corrected chi connectivity index (χ4v) is 1.68. The van der Waals surface area contributed by atoms with Gasteiger partial charge in [0.15, 0.2) is 0 Å². The molecule has 0 bridgehead atoms. The molecule has 6 nitrogen and oxygen atoms in total. The van der Waals surface area contributed by atoms with Crippen LogP contribution in [0.3, 0.4) is 0 Å². The highest BCUT2D eigenvalue weighted by Crippen LogP contribution is 2.12. The Morgan fingerprint density at radius 1 is 1.39 bits per heavy atom. The number of esters is 1. The molecule has 0 fully saturated rings. The van der Waals surface area contributed by atoms with E-state index in [0.717, 1.165) is 17.0 Å². The molecule has 0 aromatic carbocycles. The van der Waals surface area contributed by atoms with E-state index in [1.807, 2.05) is 20.9 Å². The van der Waals surface area contributed by atoms with Crippen molar-refractivity contribution in [2.75, 3.05) is 13.2 Å². The summed E-state index contributed by atoms with van der Waals surface area (Å²) >= 11 is 0. The lowest BCUT2D eigenvalue weighted by Gasteiger charge is -2.05. The maximum absolute atomic E-state index is 11.7. The Morgan fingerprint density at radius 3 is 2.56 bits per heavy atom. The van der Waals surface area contributed by atoms with Crippen LogP contribution in [0.1, 0.15) is 23.9 Å². The lowest BCUT2D eigenvalue weighted by Crippen LogP contribution is -2.31. The molecule has 0 unspecified atom stereocenters. The normalized spacial score (nSPS) is 10.2. The van der Waals surface area contributed by atoms with Gasteiger partial charge in [0, 0.05) is 18.3 Å². The summed E-state index contributed by atoms with van der Waals surface area (Å²) in [6, 6.07) is 0. The summed E-state index contributed by atoms with van der Waals surface area (Å²) in [6.07, 6.45) is 0.227. The van der Waals surface area contributed by atoms with Gasteiger partial charge in [-0.25, -0.2) is 0 Å². The van der Waals surface area contributed by atoms with Crippen LogP contribution in [0.2, 0.25) is 0 Å². The van der Waals surface area contributed by atoms with Crippen molar-refractivity contribution in [1.29, 1.82) is 0 Å². The van der Waals surface area contributed by atoms with Crippen LogP contribution >= 0.6 is 0 Å². The molecular weight excluding hydrogens is 234 g/mol. The van der Waals surface area contributed by atoms with Crippen molar-refractivity contribution < 1.29 is 14.3 Å². The lowest BCUT2D eigenvalue weighted by molar-refractivity contribution is -0.143. The zero-order valence-electron chi connectivity index (χ0n) is 11.2. The number of carbonyl (C=O) groups is 2. The number of carbonyl (C=O) groups excluding carboxylic acids is 2. The van der Waals surface area contributed by atoms with E-state index in [-0.39, 0.29) is 18.9 Å². The molecule has 0 radical (unpaired) electrons. The Kier molecular flexibility index (Phi) is 4.88. The van der Waals surface area contributed by atoms with E-state index in [1.54, 1.807) is 11.6 Å². The monoisotopic (exact) mass is 253 g/mol. The third-order valence-electron chi connectivity index (χ3n) is 2.73. The van der Waals surface area contributed by atoms with Gasteiger partial charge in [-0.15, -0.1) is 0 Å². The Hall–Kier alpha value is -1.85. The van der Waals surface area contributed by atoms with Crippen LogP contribution in [0.5, 0.6) is 0 Å². The number of nitrogens with zero attached hydrogens (tertiary/aromatic N) is 2. The molecule has 0 spiro atoms. The second kappa shape index (κ2) is 6.18. The fraction of sp³-hybridized carbons (Fsp3) is 0.583. The molecule has 0 aliphatic rings. The first kappa shape index (κ1) is 14.2. The quantitative estimate of drug-likeness (QED) is 0.764. The molecule has 0 aliphatic carbocycles. The van der Waals surface area contributed by atoms with Crippen LogP contribution < -0.4 is 5.32 Å². The van der Waals surface area contributed by atoms with Crippen LogP contribution in [0.15, 0.2) is 0 Å². The second-order valence-corrected chi connectivity index (χ2v) is 4.03. The molecule has 0 saturated heterocycles. The molecule has 1 aromatic heterocycles. The van der Waals surface area contributed by atoms with Crippen LogP contribution in [-0.2, 0) is 27.8 Å². The highest BCUT2D eigenvalue weighted by Gasteiger charge is 2.14. The van der Waals surface area contributed by atoms with E-state index in [1.165, 1.54) is 0 Å². The van der Waals surface area contributed by atoms with Crippen molar-refractivity contribution in [3.8, 4) is 0 Å². The number of ether oxygens (including phenoxy) is 1. The van der Waals surface area contributed by atoms with Crippen molar-refractivity contribution in [2.24, 2.45) is 7.05 Å².